The van der Waals surface area contributed by atoms with Gasteiger partial charge in [-0.25, -0.2) is 4.39 Å². The lowest BCUT2D eigenvalue weighted by molar-refractivity contribution is -0.130. The third-order valence-electron chi connectivity index (χ3n) is 5.02. The maximum Gasteiger partial charge on any atom is 0.259 e. The molecular weight excluding hydrogens is 453 g/mol. The van der Waals surface area contributed by atoms with Gasteiger partial charge >= 0.3 is 0 Å². The van der Waals surface area contributed by atoms with Gasteiger partial charge in [-0.2, -0.15) is 0 Å². The van der Waals surface area contributed by atoms with E-state index in [1.165, 1.54) is 36.3 Å². The fraction of sp³-hybridized carbons (Fsp3) is 0.192. The topological polar surface area (TPSA) is 97.0 Å². The number of amides is 3. The molecule has 0 fully saturated rings. The fourth-order valence-electron chi connectivity index (χ4n) is 3.04. The molecule has 0 bridgehead atoms. The van der Waals surface area contributed by atoms with Crippen LogP contribution in [0.2, 0.25) is 0 Å². The molecule has 0 aliphatic heterocycles. The van der Waals surface area contributed by atoms with Crippen molar-refractivity contribution in [3.63, 3.8) is 0 Å². The number of nitrogens with zero attached hydrogens (tertiary/aromatic N) is 1. The van der Waals surface area contributed by atoms with Gasteiger partial charge in [0.25, 0.3) is 17.7 Å². The third-order valence-corrected chi connectivity index (χ3v) is 5.02. The molecule has 0 aromatic heterocycles. The maximum absolute atomic E-state index is 13.1. The summed E-state index contributed by atoms with van der Waals surface area (Å²) < 4.78 is 23.9. The molecule has 0 aliphatic carbocycles. The van der Waals surface area contributed by atoms with E-state index in [-0.39, 0.29) is 25.0 Å². The standard InChI is InChI=1S/C26H26FN3O5/c1-30(2)24(31)16-35-22-12-7-17(13-23(22)34-3)15-28-25(32)19-5-4-6-21(14-19)29-26(33)18-8-10-20(27)11-9-18/h4-14H,15-16H2,1-3H3,(H,28,32)(H,29,33). The van der Waals surface area contributed by atoms with Crippen molar-refractivity contribution in [2.24, 2.45) is 0 Å². The summed E-state index contributed by atoms with van der Waals surface area (Å²) in [7, 11) is 4.78. The molecule has 0 saturated carbocycles. The van der Waals surface area contributed by atoms with E-state index >= 15 is 0 Å². The third kappa shape index (κ3) is 7.04. The number of carbonyl (C=O) groups is 3. The number of methoxy groups -OCH3 is 1. The molecule has 0 unspecified atom stereocenters. The monoisotopic (exact) mass is 479 g/mol. The second kappa shape index (κ2) is 11.6. The van der Waals surface area contributed by atoms with Gasteiger partial charge in [-0.3, -0.25) is 14.4 Å². The number of ether oxygens (including phenoxy) is 2. The highest BCUT2D eigenvalue weighted by atomic mass is 19.1. The Morgan fingerprint density at radius 2 is 1.63 bits per heavy atom. The largest absolute Gasteiger partial charge is 0.493 e. The molecule has 0 aliphatic rings. The number of nitrogens with one attached hydrogen (secondary N) is 2. The van der Waals surface area contributed by atoms with Crippen LogP contribution in [-0.2, 0) is 11.3 Å². The Morgan fingerprint density at radius 1 is 0.886 bits per heavy atom. The summed E-state index contributed by atoms with van der Waals surface area (Å²) in [6, 6.07) is 16.8. The molecule has 3 amide bonds. The second-order valence-corrected chi connectivity index (χ2v) is 7.79. The maximum atomic E-state index is 13.1. The zero-order chi connectivity index (χ0) is 25.4. The van der Waals surface area contributed by atoms with Gasteiger partial charge in [-0.1, -0.05) is 12.1 Å². The van der Waals surface area contributed by atoms with Gasteiger partial charge in [0.1, 0.15) is 5.82 Å². The average molecular weight is 480 g/mol. The predicted octanol–water partition coefficient (Wildman–Crippen LogP) is 3.48. The van der Waals surface area contributed by atoms with Crippen LogP contribution in [0.3, 0.4) is 0 Å². The lowest BCUT2D eigenvalue weighted by atomic mass is 10.1. The van der Waals surface area contributed by atoms with Crippen molar-refractivity contribution in [1.82, 2.24) is 10.2 Å². The lowest BCUT2D eigenvalue weighted by Gasteiger charge is -2.14. The Kier molecular flexibility index (Phi) is 8.39. The molecule has 0 heterocycles. The van der Waals surface area contributed by atoms with Gasteiger partial charge in [0, 0.05) is 37.5 Å². The number of benzene rings is 3. The summed E-state index contributed by atoms with van der Waals surface area (Å²) in [5.41, 5.74) is 1.86. The van der Waals surface area contributed by atoms with Crippen molar-refractivity contribution in [2.75, 3.05) is 33.1 Å². The van der Waals surface area contributed by atoms with E-state index in [2.05, 4.69) is 10.6 Å². The van der Waals surface area contributed by atoms with Crippen LogP contribution in [0.1, 0.15) is 26.3 Å². The SMILES string of the molecule is COc1cc(CNC(=O)c2cccc(NC(=O)c3ccc(F)cc3)c2)ccc1OCC(=O)N(C)C. The van der Waals surface area contributed by atoms with E-state index in [1.54, 1.807) is 56.6 Å². The Hall–Kier alpha value is -4.40. The number of hydrogen-bond acceptors (Lipinski definition) is 5. The van der Waals surface area contributed by atoms with Crippen LogP contribution in [0.25, 0.3) is 0 Å². The average Bonchev–Trinajstić information content (AvgIpc) is 2.86. The van der Waals surface area contributed by atoms with E-state index in [4.69, 9.17) is 9.47 Å². The number of likely N-dealkylation sites (N-methyl/N-ethyl adjacent to an activating group) is 1. The molecule has 2 N–H and O–H groups in total. The first-order chi connectivity index (χ1) is 16.8. The Labute approximate surface area is 202 Å². The highest BCUT2D eigenvalue weighted by Gasteiger charge is 2.12. The first-order valence-electron chi connectivity index (χ1n) is 10.7. The molecule has 0 saturated heterocycles. The van der Waals surface area contributed by atoms with E-state index in [0.717, 1.165) is 5.56 Å². The van der Waals surface area contributed by atoms with Crippen molar-refractivity contribution in [2.45, 2.75) is 6.54 Å². The van der Waals surface area contributed by atoms with Gasteiger partial charge in [0.05, 0.1) is 7.11 Å². The van der Waals surface area contributed by atoms with E-state index < -0.39 is 11.7 Å². The highest BCUT2D eigenvalue weighted by molar-refractivity contribution is 6.05. The van der Waals surface area contributed by atoms with Crippen LogP contribution >= 0.6 is 0 Å². The summed E-state index contributed by atoms with van der Waals surface area (Å²) in [5, 5.41) is 5.52. The van der Waals surface area contributed by atoms with Gasteiger partial charge in [-0.05, 0) is 60.2 Å². The first kappa shape index (κ1) is 25.2. The molecule has 0 spiro atoms. The molecule has 182 valence electrons. The molecule has 9 heteroatoms. The zero-order valence-corrected chi connectivity index (χ0v) is 19.6. The molecule has 8 nitrogen and oxygen atoms in total. The Bertz CT molecular complexity index is 1210. The predicted molar refractivity (Wildman–Crippen MR) is 129 cm³/mol. The summed E-state index contributed by atoms with van der Waals surface area (Å²) >= 11 is 0. The number of halogens is 1. The normalized spacial score (nSPS) is 10.3. The number of rotatable bonds is 9. The lowest BCUT2D eigenvalue weighted by Crippen LogP contribution is -2.27. The molecular formula is C26H26FN3O5. The smallest absolute Gasteiger partial charge is 0.259 e. The molecule has 0 atom stereocenters. The van der Waals surface area contributed by atoms with E-state index in [0.29, 0.717) is 28.3 Å². The summed E-state index contributed by atoms with van der Waals surface area (Å²) in [5.74, 6) is -0.502. The van der Waals surface area contributed by atoms with Crippen LogP contribution in [0.4, 0.5) is 10.1 Å². The minimum atomic E-state index is -0.431. The zero-order valence-electron chi connectivity index (χ0n) is 19.6. The molecule has 3 aromatic carbocycles. The Balaban J connectivity index is 1.60. The van der Waals surface area contributed by atoms with Gasteiger partial charge in [0.2, 0.25) is 0 Å². The van der Waals surface area contributed by atoms with Crippen molar-refractivity contribution < 1.29 is 28.2 Å². The second-order valence-electron chi connectivity index (χ2n) is 7.79. The minimum Gasteiger partial charge on any atom is -0.493 e. The highest BCUT2D eigenvalue weighted by Crippen LogP contribution is 2.28. The van der Waals surface area contributed by atoms with Crippen LogP contribution in [0.5, 0.6) is 11.5 Å². The summed E-state index contributed by atoms with van der Waals surface area (Å²) in [6.45, 7) is 0.103. The van der Waals surface area contributed by atoms with Crippen molar-refractivity contribution in [3.05, 3.63) is 89.2 Å². The summed E-state index contributed by atoms with van der Waals surface area (Å²) in [6.07, 6.45) is 0. The van der Waals surface area contributed by atoms with Crippen molar-refractivity contribution >= 4 is 23.4 Å². The first-order valence-corrected chi connectivity index (χ1v) is 10.7. The minimum absolute atomic E-state index is 0.118. The van der Waals surface area contributed by atoms with E-state index in [1.807, 2.05) is 0 Å². The molecule has 3 rings (SSSR count). The van der Waals surface area contributed by atoms with Gasteiger partial charge < -0.3 is 25.0 Å². The number of hydrogen-bond donors (Lipinski definition) is 2. The number of carbonyl (C=O) groups excluding carboxylic acids is 3. The number of anilines is 1. The van der Waals surface area contributed by atoms with Crippen molar-refractivity contribution in [1.29, 1.82) is 0 Å². The van der Waals surface area contributed by atoms with Crippen LogP contribution in [0, 0.1) is 5.82 Å². The van der Waals surface area contributed by atoms with E-state index in [9.17, 15) is 18.8 Å². The fourth-order valence-corrected chi connectivity index (χ4v) is 3.04. The molecule has 3 aromatic rings. The summed E-state index contributed by atoms with van der Waals surface area (Å²) in [4.78, 5) is 38.2. The van der Waals surface area contributed by atoms with Crippen LogP contribution in [-0.4, -0.2) is 50.4 Å². The quantitative estimate of drug-likeness (QED) is 0.490. The van der Waals surface area contributed by atoms with Gasteiger partial charge in [-0.15, -0.1) is 0 Å². The Morgan fingerprint density at radius 3 is 2.31 bits per heavy atom. The van der Waals surface area contributed by atoms with Crippen LogP contribution < -0.4 is 20.1 Å². The molecule has 0 radical (unpaired) electrons. The van der Waals surface area contributed by atoms with Crippen molar-refractivity contribution in [3.8, 4) is 11.5 Å². The van der Waals surface area contributed by atoms with Crippen LogP contribution in [0.15, 0.2) is 66.7 Å². The van der Waals surface area contributed by atoms with Gasteiger partial charge in [0.15, 0.2) is 18.1 Å². The molecule has 35 heavy (non-hydrogen) atoms.